The van der Waals surface area contributed by atoms with Crippen LogP contribution >= 0.6 is 38.6 Å². The quantitative estimate of drug-likeness (QED) is 0.912. The van der Waals surface area contributed by atoms with E-state index in [0.717, 1.165) is 14.4 Å². The lowest BCUT2D eigenvalue weighted by Gasteiger charge is -2.04. The van der Waals surface area contributed by atoms with Crippen LogP contribution in [-0.2, 0) is 4.79 Å². The van der Waals surface area contributed by atoms with Gasteiger partial charge in [-0.25, -0.2) is 4.98 Å². The molecule has 2 rings (SSSR count). The molecule has 0 aliphatic carbocycles. The summed E-state index contributed by atoms with van der Waals surface area (Å²) in [7, 11) is 0. The molecule has 90 valence electrons. The summed E-state index contributed by atoms with van der Waals surface area (Å²) in [6, 6.07) is 3.95. The van der Waals surface area contributed by atoms with Crippen molar-refractivity contribution in [2.45, 2.75) is 19.3 Å². The Bertz CT molecular complexity index is 535. The predicted molar refractivity (Wildman–Crippen MR) is 73.8 cm³/mol. The third kappa shape index (κ3) is 2.75. The van der Waals surface area contributed by atoms with E-state index in [4.69, 9.17) is 5.11 Å². The molecule has 0 saturated carbocycles. The Hall–Kier alpha value is -0.720. The van der Waals surface area contributed by atoms with Crippen molar-refractivity contribution in [3.8, 4) is 10.6 Å². The molecule has 2 heterocycles. The first-order valence-corrected chi connectivity index (χ1v) is 7.54. The van der Waals surface area contributed by atoms with E-state index >= 15 is 0 Å². The van der Waals surface area contributed by atoms with E-state index in [2.05, 4.69) is 20.9 Å². The number of aliphatic carboxylic acids is 1. The fourth-order valence-electron chi connectivity index (χ4n) is 1.47. The Morgan fingerprint density at radius 3 is 2.88 bits per heavy atom. The lowest BCUT2D eigenvalue weighted by Crippen LogP contribution is -2.09. The van der Waals surface area contributed by atoms with Crippen LogP contribution in [0.3, 0.4) is 0 Å². The number of nitrogens with zero attached hydrogens (tertiary/aromatic N) is 1. The smallest absolute Gasteiger partial charge is 0.313 e. The third-order valence-electron chi connectivity index (χ3n) is 2.35. The molecule has 0 saturated heterocycles. The van der Waals surface area contributed by atoms with Gasteiger partial charge < -0.3 is 5.11 Å². The average Bonchev–Trinajstić information content (AvgIpc) is 2.87. The molecule has 1 atom stereocenters. The van der Waals surface area contributed by atoms with Crippen LogP contribution in [0.4, 0.5) is 0 Å². The molecule has 3 nitrogen and oxygen atoms in total. The van der Waals surface area contributed by atoms with Crippen molar-refractivity contribution in [3.05, 3.63) is 26.3 Å². The normalized spacial score (nSPS) is 12.6. The molecular weight excluding hydrogens is 322 g/mol. The van der Waals surface area contributed by atoms with Gasteiger partial charge in [-0.1, -0.05) is 6.92 Å². The Morgan fingerprint density at radius 1 is 1.59 bits per heavy atom. The number of thiazole rings is 1. The van der Waals surface area contributed by atoms with Crippen LogP contribution in [0.1, 0.15) is 24.3 Å². The van der Waals surface area contributed by atoms with Crippen molar-refractivity contribution < 1.29 is 9.90 Å². The molecule has 17 heavy (non-hydrogen) atoms. The van der Waals surface area contributed by atoms with E-state index < -0.39 is 11.9 Å². The van der Waals surface area contributed by atoms with Crippen LogP contribution in [-0.4, -0.2) is 16.1 Å². The van der Waals surface area contributed by atoms with Gasteiger partial charge in [0.2, 0.25) is 0 Å². The summed E-state index contributed by atoms with van der Waals surface area (Å²) in [5.41, 5.74) is 0.861. The van der Waals surface area contributed by atoms with Gasteiger partial charge >= 0.3 is 5.97 Å². The summed E-state index contributed by atoms with van der Waals surface area (Å²) in [6.07, 6.45) is 0.566. The van der Waals surface area contributed by atoms with Gasteiger partial charge in [0.05, 0.1) is 14.4 Å². The molecule has 0 aliphatic heterocycles. The summed E-state index contributed by atoms with van der Waals surface area (Å²) in [5, 5.41) is 11.7. The van der Waals surface area contributed by atoms with Gasteiger partial charge in [0, 0.05) is 5.38 Å². The number of aromatic nitrogens is 1. The second-order valence-corrected chi connectivity index (χ2v) is 6.83. The second-order valence-electron chi connectivity index (χ2n) is 3.47. The molecule has 1 unspecified atom stereocenters. The van der Waals surface area contributed by atoms with Crippen molar-refractivity contribution >= 4 is 44.6 Å². The lowest BCUT2D eigenvalue weighted by molar-refractivity contribution is -0.138. The molecule has 0 bridgehead atoms. The summed E-state index contributed by atoms with van der Waals surface area (Å²) >= 11 is 6.41. The number of hydrogen-bond donors (Lipinski definition) is 1. The number of hydrogen-bond acceptors (Lipinski definition) is 4. The lowest BCUT2D eigenvalue weighted by atomic mass is 10.1. The average molecular weight is 332 g/mol. The number of halogens is 1. The van der Waals surface area contributed by atoms with Crippen molar-refractivity contribution in [2.75, 3.05) is 0 Å². The van der Waals surface area contributed by atoms with Crippen molar-refractivity contribution in [2.24, 2.45) is 0 Å². The fourth-order valence-corrected chi connectivity index (χ4v) is 3.88. The highest BCUT2D eigenvalue weighted by atomic mass is 79.9. The number of thiophene rings is 1. The van der Waals surface area contributed by atoms with Crippen LogP contribution in [0.5, 0.6) is 0 Å². The maximum Gasteiger partial charge on any atom is 0.313 e. The first kappa shape index (κ1) is 12.7. The van der Waals surface area contributed by atoms with E-state index in [-0.39, 0.29) is 0 Å². The Morgan fingerprint density at radius 2 is 2.35 bits per heavy atom. The van der Waals surface area contributed by atoms with Gasteiger partial charge in [0.25, 0.3) is 0 Å². The number of carboxylic acids is 1. The van der Waals surface area contributed by atoms with E-state index in [0.29, 0.717) is 11.4 Å². The molecule has 2 aromatic rings. The van der Waals surface area contributed by atoms with Gasteiger partial charge in [-0.05, 0) is 34.5 Å². The van der Waals surface area contributed by atoms with Crippen molar-refractivity contribution in [1.29, 1.82) is 0 Å². The second kappa shape index (κ2) is 5.29. The van der Waals surface area contributed by atoms with Gasteiger partial charge in [0.15, 0.2) is 0 Å². The molecule has 0 aromatic carbocycles. The van der Waals surface area contributed by atoms with Gasteiger partial charge in [-0.2, -0.15) is 0 Å². The van der Waals surface area contributed by atoms with Crippen molar-refractivity contribution in [3.63, 3.8) is 0 Å². The maximum absolute atomic E-state index is 11.0. The number of carboxylic acid groups (broad SMARTS) is 1. The molecule has 0 spiro atoms. The molecule has 1 N–H and O–H groups in total. The molecule has 0 radical (unpaired) electrons. The maximum atomic E-state index is 11.0. The van der Waals surface area contributed by atoms with Gasteiger partial charge in [-0.3, -0.25) is 4.79 Å². The van der Waals surface area contributed by atoms with Gasteiger partial charge in [0.1, 0.15) is 10.9 Å². The first-order valence-electron chi connectivity index (χ1n) is 5.05. The third-order valence-corrected chi connectivity index (χ3v) is 4.96. The predicted octanol–water partition coefficient (Wildman–Crippen LogP) is 4.21. The standard InChI is InChI=1S/C11H10BrNO2S2/c1-2-6(11(14)15)10-13-7(5-16-10)8-3-4-9(12)17-8/h3-6H,2H2,1H3,(H,14,15). The van der Waals surface area contributed by atoms with Crippen LogP contribution in [0.15, 0.2) is 21.3 Å². The highest BCUT2D eigenvalue weighted by Gasteiger charge is 2.21. The van der Waals surface area contributed by atoms with E-state index in [9.17, 15) is 4.79 Å². The summed E-state index contributed by atoms with van der Waals surface area (Å²) < 4.78 is 1.05. The summed E-state index contributed by atoms with van der Waals surface area (Å²) in [6.45, 7) is 1.86. The topological polar surface area (TPSA) is 50.2 Å². The zero-order valence-electron chi connectivity index (χ0n) is 9.01. The largest absolute Gasteiger partial charge is 0.481 e. The highest BCUT2D eigenvalue weighted by Crippen LogP contribution is 2.34. The zero-order chi connectivity index (χ0) is 12.4. The Balaban J connectivity index is 2.29. The highest BCUT2D eigenvalue weighted by molar-refractivity contribution is 9.11. The fraction of sp³-hybridized carbons (Fsp3) is 0.273. The SMILES string of the molecule is CCC(C(=O)O)c1nc(-c2ccc(Br)s2)cs1. The Labute approximate surface area is 115 Å². The van der Waals surface area contributed by atoms with Crippen molar-refractivity contribution in [1.82, 2.24) is 4.98 Å². The zero-order valence-corrected chi connectivity index (χ0v) is 12.2. The molecular formula is C11H10BrNO2S2. The monoisotopic (exact) mass is 331 g/mol. The minimum Gasteiger partial charge on any atom is -0.481 e. The molecule has 0 aliphatic rings. The van der Waals surface area contributed by atoms with E-state index in [1.165, 1.54) is 11.3 Å². The molecule has 2 aromatic heterocycles. The minimum atomic E-state index is -0.805. The molecule has 6 heteroatoms. The number of carbonyl (C=O) groups is 1. The first-order chi connectivity index (χ1) is 8.11. The Kier molecular flexibility index (Phi) is 3.96. The van der Waals surface area contributed by atoms with Crippen LogP contribution in [0, 0.1) is 0 Å². The minimum absolute atomic E-state index is 0.489. The van der Waals surface area contributed by atoms with E-state index in [1.54, 1.807) is 11.3 Å². The molecule has 0 fully saturated rings. The summed E-state index contributed by atoms with van der Waals surface area (Å²) in [5.74, 6) is -1.29. The molecule has 0 amide bonds. The van der Waals surface area contributed by atoms with Crippen LogP contribution < -0.4 is 0 Å². The number of rotatable bonds is 4. The van der Waals surface area contributed by atoms with Crippen LogP contribution in [0.25, 0.3) is 10.6 Å². The van der Waals surface area contributed by atoms with E-state index in [1.807, 2.05) is 24.4 Å². The van der Waals surface area contributed by atoms with Crippen LogP contribution in [0.2, 0.25) is 0 Å². The van der Waals surface area contributed by atoms with Gasteiger partial charge in [-0.15, -0.1) is 22.7 Å². The summed E-state index contributed by atoms with van der Waals surface area (Å²) in [4.78, 5) is 16.5.